The first kappa shape index (κ1) is 15.0. The van der Waals surface area contributed by atoms with Crippen LogP contribution in [0.25, 0.3) is 0 Å². The Hall–Kier alpha value is -0.420. The molecular formula is C14H13Br2ClN2. The normalized spacial score (nSPS) is 12.4. The Labute approximate surface area is 134 Å². The Morgan fingerprint density at radius 2 is 2.00 bits per heavy atom. The van der Waals surface area contributed by atoms with E-state index < -0.39 is 0 Å². The van der Waals surface area contributed by atoms with Gasteiger partial charge in [0.25, 0.3) is 0 Å². The fraction of sp³-hybridized carbons (Fsp3) is 0.214. The van der Waals surface area contributed by atoms with Crippen molar-refractivity contribution in [1.29, 1.82) is 0 Å². The van der Waals surface area contributed by atoms with E-state index in [-0.39, 0.29) is 6.04 Å². The van der Waals surface area contributed by atoms with E-state index in [1.165, 1.54) is 0 Å². The van der Waals surface area contributed by atoms with Crippen molar-refractivity contribution in [1.82, 2.24) is 10.3 Å². The summed E-state index contributed by atoms with van der Waals surface area (Å²) in [6.45, 7) is 0. The van der Waals surface area contributed by atoms with Crippen molar-refractivity contribution in [2.24, 2.45) is 0 Å². The highest BCUT2D eigenvalue weighted by molar-refractivity contribution is 9.10. The predicted octanol–water partition coefficient (Wildman–Crippen LogP) is 4.76. The molecule has 0 aliphatic rings. The van der Waals surface area contributed by atoms with Gasteiger partial charge in [-0.25, -0.2) is 0 Å². The first-order valence-corrected chi connectivity index (χ1v) is 7.78. The molecule has 1 N–H and O–H groups in total. The lowest BCUT2D eigenvalue weighted by Gasteiger charge is -2.18. The van der Waals surface area contributed by atoms with E-state index in [9.17, 15) is 0 Å². The third-order valence-corrected chi connectivity index (χ3v) is 4.15. The number of nitrogens with one attached hydrogen (secondary N) is 1. The monoisotopic (exact) mass is 402 g/mol. The molecule has 0 saturated carbocycles. The Bertz CT molecular complexity index is 575. The molecule has 1 aromatic heterocycles. The molecule has 1 unspecified atom stereocenters. The van der Waals surface area contributed by atoms with Crippen LogP contribution in [0.4, 0.5) is 0 Å². The van der Waals surface area contributed by atoms with E-state index in [1.807, 2.05) is 25.4 Å². The number of aromatic nitrogens is 1. The van der Waals surface area contributed by atoms with Crippen molar-refractivity contribution in [3.8, 4) is 0 Å². The van der Waals surface area contributed by atoms with Gasteiger partial charge >= 0.3 is 0 Å². The summed E-state index contributed by atoms with van der Waals surface area (Å²) in [5.41, 5.74) is 2.24. The van der Waals surface area contributed by atoms with Crippen molar-refractivity contribution in [2.75, 3.05) is 7.05 Å². The summed E-state index contributed by atoms with van der Waals surface area (Å²) in [5.74, 6) is 0. The minimum absolute atomic E-state index is 0.154. The molecule has 2 rings (SSSR count). The lowest BCUT2D eigenvalue weighted by Crippen LogP contribution is -2.19. The van der Waals surface area contributed by atoms with Crippen LogP contribution in [-0.4, -0.2) is 12.0 Å². The first-order chi connectivity index (χ1) is 9.10. The summed E-state index contributed by atoms with van der Waals surface area (Å²) in [6.07, 6.45) is 4.49. The number of nitrogens with zero attached hydrogens (tertiary/aromatic N) is 1. The molecule has 0 spiro atoms. The Morgan fingerprint density at radius 1 is 1.21 bits per heavy atom. The molecule has 0 bridgehead atoms. The van der Waals surface area contributed by atoms with Gasteiger partial charge < -0.3 is 5.32 Å². The van der Waals surface area contributed by atoms with E-state index in [4.69, 9.17) is 11.6 Å². The highest BCUT2D eigenvalue weighted by atomic mass is 79.9. The summed E-state index contributed by atoms with van der Waals surface area (Å²) in [4.78, 5) is 4.19. The SMILES string of the molecule is CNC(Cc1cncc(Br)c1)c1cc(Br)ccc1Cl. The van der Waals surface area contributed by atoms with Crippen LogP contribution < -0.4 is 5.32 Å². The third kappa shape index (κ3) is 4.02. The molecule has 5 heteroatoms. The molecule has 2 nitrogen and oxygen atoms in total. The van der Waals surface area contributed by atoms with Crippen molar-refractivity contribution in [3.05, 3.63) is 61.8 Å². The number of hydrogen-bond donors (Lipinski definition) is 1. The molecule has 0 radical (unpaired) electrons. The highest BCUT2D eigenvalue weighted by Gasteiger charge is 2.14. The number of rotatable bonds is 4. The smallest absolute Gasteiger partial charge is 0.0454 e. The molecule has 0 fully saturated rings. The number of likely N-dealkylation sites (N-methyl/N-ethyl adjacent to an activating group) is 1. The molecule has 100 valence electrons. The fourth-order valence-electron chi connectivity index (χ4n) is 1.95. The van der Waals surface area contributed by atoms with Gasteiger partial charge in [0.2, 0.25) is 0 Å². The maximum absolute atomic E-state index is 6.28. The molecule has 0 aliphatic carbocycles. The van der Waals surface area contributed by atoms with Crippen molar-refractivity contribution >= 4 is 43.5 Å². The van der Waals surface area contributed by atoms with Crippen LogP contribution in [0.1, 0.15) is 17.2 Å². The van der Waals surface area contributed by atoms with Gasteiger partial charge in [0.15, 0.2) is 0 Å². The molecule has 1 heterocycles. The van der Waals surface area contributed by atoms with Crippen LogP contribution in [0.5, 0.6) is 0 Å². The molecule has 1 aromatic carbocycles. The lowest BCUT2D eigenvalue weighted by molar-refractivity contribution is 0.591. The first-order valence-electron chi connectivity index (χ1n) is 5.82. The van der Waals surface area contributed by atoms with Crippen LogP contribution in [0, 0.1) is 0 Å². The van der Waals surface area contributed by atoms with Crippen LogP contribution in [-0.2, 0) is 6.42 Å². The molecule has 2 aromatic rings. The second-order valence-corrected chi connectivity index (χ2v) is 6.46. The summed E-state index contributed by atoms with van der Waals surface area (Å²) in [6, 6.07) is 8.13. The Morgan fingerprint density at radius 3 is 2.68 bits per heavy atom. The zero-order valence-electron chi connectivity index (χ0n) is 10.3. The van der Waals surface area contributed by atoms with Gasteiger partial charge in [0, 0.05) is 32.4 Å². The van der Waals surface area contributed by atoms with E-state index in [1.54, 1.807) is 6.20 Å². The summed E-state index contributed by atoms with van der Waals surface area (Å²) in [7, 11) is 1.94. The van der Waals surface area contributed by atoms with Gasteiger partial charge in [-0.05, 0) is 64.8 Å². The average Bonchev–Trinajstić information content (AvgIpc) is 2.39. The van der Waals surface area contributed by atoms with Gasteiger partial charge in [-0.2, -0.15) is 0 Å². The quantitative estimate of drug-likeness (QED) is 0.795. The van der Waals surface area contributed by atoms with Gasteiger partial charge in [0.05, 0.1) is 0 Å². The standard InChI is InChI=1S/C14H13Br2ClN2/c1-18-14(5-9-4-11(16)8-19-7-9)12-6-10(15)2-3-13(12)17/h2-4,6-8,14,18H,5H2,1H3. The zero-order valence-corrected chi connectivity index (χ0v) is 14.3. The molecule has 0 aliphatic heterocycles. The maximum Gasteiger partial charge on any atom is 0.0454 e. The predicted molar refractivity (Wildman–Crippen MR) is 86.6 cm³/mol. The van der Waals surface area contributed by atoms with Crippen molar-refractivity contribution in [2.45, 2.75) is 12.5 Å². The molecular weight excluding hydrogens is 391 g/mol. The maximum atomic E-state index is 6.28. The molecule has 19 heavy (non-hydrogen) atoms. The summed E-state index contributed by atoms with van der Waals surface area (Å²) >= 11 is 13.2. The van der Waals surface area contributed by atoms with Crippen molar-refractivity contribution < 1.29 is 0 Å². The third-order valence-electron chi connectivity index (χ3n) is 2.88. The lowest BCUT2D eigenvalue weighted by atomic mass is 10.00. The number of halogens is 3. The Kier molecular flexibility index (Phi) is 5.39. The number of hydrogen-bond acceptors (Lipinski definition) is 2. The van der Waals surface area contributed by atoms with Crippen LogP contribution in [0.3, 0.4) is 0 Å². The topological polar surface area (TPSA) is 24.9 Å². The van der Waals surface area contributed by atoms with E-state index >= 15 is 0 Å². The minimum atomic E-state index is 0.154. The highest BCUT2D eigenvalue weighted by Crippen LogP contribution is 2.28. The van der Waals surface area contributed by atoms with Gasteiger partial charge in [-0.3, -0.25) is 4.98 Å². The largest absolute Gasteiger partial charge is 0.313 e. The minimum Gasteiger partial charge on any atom is -0.313 e. The van der Waals surface area contributed by atoms with Crippen molar-refractivity contribution in [3.63, 3.8) is 0 Å². The van der Waals surface area contributed by atoms with Gasteiger partial charge in [0.1, 0.15) is 0 Å². The number of benzene rings is 1. The fourth-order valence-corrected chi connectivity index (χ4v) is 2.99. The van der Waals surface area contributed by atoms with Crippen LogP contribution >= 0.6 is 43.5 Å². The second-order valence-electron chi connectivity index (χ2n) is 4.22. The van der Waals surface area contributed by atoms with E-state index in [0.717, 1.165) is 31.5 Å². The van der Waals surface area contributed by atoms with E-state index in [0.29, 0.717) is 0 Å². The van der Waals surface area contributed by atoms with Gasteiger partial charge in [-0.1, -0.05) is 27.5 Å². The molecule has 0 saturated heterocycles. The van der Waals surface area contributed by atoms with Gasteiger partial charge in [-0.15, -0.1) is 0 Å². The summed E-state index contributed by atoms with van der Waals surface area (Å²) in [5, 5.41) is 4.07. The molecule has 1 atom stereocenters. The second kappa shape index (κ2) is 6.84. The average molecular weight is 405 g/mol. The van der Waals surface area contributed by atoms with E-state index in [2.05, 4.69) is 54.3 Å². The Balaban J connectivity index is 2.27. The van der Waals surface area contributed by atoms with Crippen LogP contribution in [0.15, 0.2) is 45.6 Å². The van der Waals surface area contributed by atoms with Crippen LogP contribution in [0.2, 0.25) is 5.02 Å². The summed E-state index contributed by atoms with van der Waals surface area (Å²) < 4.78 is 2.01. The molecule has 0 amide bonds. The number of pyridine rings is 1. The zero-order chi connectivity index (χ0) is 13.8.